The third kappa shape index (κ3) is 3.57. The van der Waals surface area contributed by atoms with Crippen LogP contribution in [0.4, 0.5) is 0 Å². The molecule has 0 aliphatic heterocycles. The van der Waals surface area contributed by atoms with Gasteiger partial charge in [-0.15, -0.1) is 0 Å². The van der Waals surface area contributed by atoms with E-state index in [9.17, 15) is 4.79 Å². The van der Waals surface area contributed by atoms with E-state index in [0.717, 1.165) is 5.56 Å². The molecule has 1 rings (SSSR count). The molecule has 0 spiro atoms. The van der Waals surface area contributed by atoms with Gasteiger partial charge in [-0.05, 0) is 32.8 Å². The third-order valence-corrected chi connectivity index (χ3v) is 3.35. The zero-order chi connectivity index (χ0) is 13.8. The van der Waals surface area contributed by atoms with Gasteiger partial charge in [-0.25, -0.2) is 0 Å². The largest absolute Gasteiger partial charge is 0.337 e. The molecule has 3 heteroatoms. The maximum absolute atomic E-state index is 12.3. The Bertz CT molecular complexity index is 413. The van der Waals surface area contributed by atoms with Crippen molar-refractivity contribution in [2.24, 2.45) is 5.73 Å². The van der Waals surface area contributed by atoms with Gasteiger partial charge in [-0.2, -0.15) is 0 Å². The Balaban J connectivity index is 2.82. The molecule has 18 heavy (non-hydrogen) atoms. The Labute approximate surface area is 110 Å². The van der Waals surface area contributed by atoms with Crippen molar-refractivity contribution in [2.75, 3.05) is 6.54 Å². The third-order valence-electron chi connectivity index (χ3n) is 3.35. The summed E-state index contributed by atoms with van der Waals surface area (Å²) in [6.45, 7) is 9.09. The first-order valence-electron chi connectivity index (χ1n) is 6.54. The number of aryl methyl sites for hydroxylation is 1. The first kappa shape index (κ1) is 14.7. The fourth-order valence-electron chi connectivity index (χ4n) is 1.87. The Morgan fingerprint density at radius 3 is 2.56 bits per heavy atom. The molecule has 0 saturated heterocycles. The minimum atomic E-state index is -0.764. The van der Waals surface area contributed by atoms with Gasteiger partial charge >= 0.3 is 0 Å². The first-order valence-corrected chi connectivity index (χ1v) is 6.54. The van der Waals surface area contributed by atoms with Crippen molar-refractivity contribution in [3.8, 4) is 0 Å². The summed E-state index contributed by atoms with van der Waals surface area (Å²) in [7, 11) is 0. The van der Waals surface area contributed by atoms with Crippen LogP contribution in [0.5, 0.6) is 0 Å². The molecule has 0 saturated carbocycles. The molecule has 1 unspecified atom stereocenters. The molecule has 0 heterocycles. The molecule has 0 aliphatic carbocycles. The predicted molar refractivity (Wildman–Crippen MR) is 75.2 cm³/mol. The number of likely N-dealkylation sites (N-methyl/N-ethyl adjacent to an activating group) is 1. The van der Waals surface area contributed by atoms with Crippen LogP contribution in [0.3, 0.4) is 0 Å². The van der Waals surface area contributed by atoms with Crippen LogP contribution in [-0.2, 0) is 11.3 Å². The molecule has 0 aromatic heterocycles. The fourth-order valence-corrected chi connectivity index (χ4v) is 1.87. The van der Waals surface area contributed by atoms with Gasteiger partial charge in [0.1, 0.15) is 0 Å². The van der Waals surface area contributed by atoms with Gasteiger partial charge in [-0.1, -0.05) is 36.8 Å². The molecule has 1 atom stereocenters. The van der Waals surface area contributed by atoms with Crippen LogP contribution in [0, 0.1) is 6.92 Å². The van der Waals surface area contributed by atoms with E-state index >= 15 is 0 Å². The summed E-state index contributed by atoms with van der Waals surface area (Å²) in [5, 5.41) is 0. The highest BCUT2D eigenvalue weighted by Crippen LogP contribution is 2.14. The molecular formula is C15H24N2O. The zero-order valence-corrected chi connectivity index (χ0v) is 11.9. The smallest absolute Gasteiger partial charge is 0.242 e. The standard InChI is InChI=1S/C15H24N2O/c1-5-15(4,16)14(18)17(6-2)11-13-9-7-8-12(3)10-13/h7-10H,5-6,11,16H2,1-4H3. The van der Waals surface area contributed by atoms with Gasteiger partial charge in [0.05, 0.1) is 5.54 Å². The maximum atomic E-state index is 12.3. The van der Waals surface area contributed by atoms with Crippen LogP contribution >= 0.6 is 0 Å². The number of amides is 1. The van der Waals surface area contributed by atoms with Crippen molar-refractivity contribution in [1.82, 2.24) is 4.90 Å². The lowest BCUT2D eigenvalue weighted by Crippen LogP contribution is -2.52. The van der Waals surface area contributed by atoms with Crippen LogP contribution < -0.4 is 5.73 Å². The molecule has 1 amide bonds. The Morgan fingerprint density at radius 2 is 2.06 bits per heavy atom. The van der Waals surface area contributed by atoms with E-state index in [1.807, 2.05) is 30.9 Å². The second kappa shape index (κ2) is 6.01. The second-order valence-corrected chi connectivity index (χ2v) is 5.08. The van der Waals surface area contributed by atoms with E-state index in [1.54, 1.807) is 6.92 Å². The molecule has 0 bridgehead atoms. The van der Waals surface area contributed by atoms with Gasteiger partial charge in [0.25, 0.3) is 0 Å². The molecular weight excluding hydrogens is 224 g/mol. The van der Waals surface area contributed by atoms with Crippen molar-refractivity contribution in [1.29, 1.82) is 0 Å². The second-order valence-electron chi connectivity index (χ2n) is 5.08. The first-order chi connectivity index (χ1) is 8.40. The van der Waals surface area contributed by atoms with Gasteiger partial charge < -0.3 is 10.6 Å². The van der Waals surface area contributed by atoms with Gasteiger partial charge in [0.15, 0.2) is 0 Å². The van der Waals surface area contributed by atoms with E-state index in [4.69, 9.17) is 5.73 Å². The predicted octanol–water partition coefficient (Wildman–Crippen LogP) is 2.47. The van der Waals surface area contributed by atoms with Crippen LogP contribution in [0.15, 0.2) is 24.3 Å². The van der Waals surface area contributed by atoms with Gasteiger partial charge in [-0.3, -0.25) is 4.79 Å². The van der Waals surface area contributed by atoms with Gasteiger partial charge in [0, 0.05) is 13.1 Å². The highest BCUT2D eigenvalue weighted by Gasteiger charge is 2.30. The SMILES string of the molecule is CCN(Cc1cccc(C)c1)C(=O)C(C)(N)CC. The number of nitrogens with zero attached hydrogens (tertiary/aromatic N) is 1. The minimum Gasteiger partial charge on any atom is -0.337 e. The average molecular weight is 248 g/mol. The summed E-state index contributed by atoms with van der Waals surface area (Å²) in [5.41, 5.74) is 7.62. The van der Waals surface area contributed by atoms with E-state index in [2.05, 4.69) is 19.1 Å². The number of carbonyl (C=O) groups excluding carboxylic acids is 1. The molecule has 1 aromatic carbocycles. The van der Waals surface area contributed by atoms with E-state index in [1.165, 1.54) is 5.56 Å². The summed E-state index contributed by atoms with van der Waals surface area (Å²) in [5.74, 6) is 0.0222. The molecule has 0 fully saturated rings. The summed E-state index contributed by atoms with van der Waals surface area (Å²) in [6, 6.07) is 8.23. The van der Waals surface area contributed by atoms with E-state index < -0.39 is 5.54 Å². The van der Waals surface area contributed by atoms with Crippen molar-refractivity contribution < 1.29 is 4.79 Å². The number of rotatable bonds is 5. The highest BCUT2D eigenvalue weighted by molar-refractivity contribution is 5.85. The van der Waals surface area contributed by atoms with Crippen molar-refractivity contribution >= 4 is 5.91 Å². The molecule has 1 aromatic rings. The van der Waals surface area contributed by atoms with Crippen LogP contribution in [-0.4, -0.2) is 22.9 Å². The average Bonchev–Trinajstić information content (AvgIpc) is 2.35. The zero-order valence-electron chi connectivity index (χ0n) is 11.9. The summed E-state index contributed by atoms with van der Waals surface area (Å²) >= 11 is 0. The van der Waals surface area contributed by atoms with Crippen molar-refractivity contribution in [3.05, 3.63) is 35.4 Å². The lowest BCUT2D eigenvalue weighted by molar-refractivity contribution is -0.137. The van der Waals surface area contributed by atoms with Crippen LogP contribution in [0.1, 0.15) is 38.3 Å². The quantitative estimate of drug-likeness (QED) is 0.870. The monoisotopic (exact) mass is 248 g/mol. The van der Waals surface area contributed by atoms with Gasteiger partial charge in [0.2, 0.25) is 5.91 Å². The molecule has 0 aliphatic rings. The number of hydrogen-bond donors (Lipinski definition) is 1. The topological polar surface area (TPSA) is 46.3 Å². The number of nitrogens with two attached hydrogens (primary N) is 1. The molecule has 100 valence electrons. The lowest BCUT2D eigenvalue weighted by atomic mass is 9.98. The normalized spacial score (nSPS) is 14.1. The Morgan fingerprint density at radius 1 is 1.39 bits per heavy atom. The van der Waals surface area contributed by atoms with Crippen molar-refractivity contribution in [3.63, 3.8) is 0 Å². The Kier molecular flexibility index (Phi) is 4.91. The fraction of sp³-hybridized carbons (Fsp3) is 0.533. The summed E-state index contributed by atoms with van der Waals surface area (Å²) < 4.78 is 0. The highest BCUT2D eigenvalue weighted by atomic mass is 16.2. The number of benzene rings is 1. The minimum absolute atomic E-state index is 0.0222. The molecule has 3 nitrogen and oxygen atoms in total. The number of carbonyl (C=O) groups is 1. The maximum Gasteiger partial charge on any atom is 0.242 e. The Hall–Kier alpha value is -1.35. The van der Waals surface area contributed by atoms with E-state index in [0.29, 0.717) is 19.5 Å². The molecule has 0 radical (unpaired) electrons. The molecule has 2 N–H and O–H groups in total. The number of hydrogen-bond acceptors (Lipinski definition) is 2. The van der Waals surface area contributed by atoms with Crippen LogP contribution in [0.25, 0.3) is 0 Å². The van der Waals surface area contributed by atoms with Crippen molar-refractivity contribution in [2.45, 2.75) is 46.2 Å². The summed E-state index contributed by atoms with van der Waals surface area (Å²) in [6.07, 6.45) is 0.649. The summed E-state index contributed by atoms with van der Waals surface area (Å²) in [4.78, 5) is 14.1. The van der Waals surface area contributed by atoms with Crippen LogP contribution in [0.2, 0.25) is 0 Å². The van der Waals surface area contributed by atoms with E-state index in [-0.39, 0.29) is 5.91 Å². The lowest BCUT2D eigenvalue weighted by Gasteiger charge is -2.30.